The van der Waals surface area contributed by atoms with Crippen LogP contribution in [0.15, 0.2) is 72.8 Å². The normalized spacial score (nSPS) is 17.7. The summed E-state index contributed by atoms with van der Waals surface area (Å²) in [5.74, 6) is -0.592. The second-order valence-corrected chi connectivity index (χ2v) is 15.1. The monoisotopic (exact) mass is 625 g/mol. The number of benzene rings is 3. The lowest BCUT2D eigenvalue weighted by Gasteiger charge is -2.38. The zero-order valence-electron chi connectivity index (χ0n) is 26.2. The molecule has 1 aliphatic heterocycles. The van der Waals surface area contributed by atoms with Crippen LogP contribution in [0.2, 0.25) is 0 Å². The number of carbonyl (C=O) groups is 1. The minimum absolute atomic E-state index is 0.00463. The Labute approximate surface area is 261 Å². The number of para-hydroxylation sites is 1. The van der Waals surface area contributed by atoms with Gasteiger partial charge in [-0.3, -0.25) is 9.69 Å². The summed E-state index contributed by atoms with van der Waals surface area (Å²) in [5, 5.41) is 9.61. The maximum atomic E-state index is 15.6. The molecule has 1 heterocycles. The van der Waals surface area contributed by atoms with Gasteiger partial charge in [0.05, 0.1) is 5.75 Å². The summed E-state index contributed by atoms with van der Waals surface area (Å²) >= 11 is 0. The van der Waals surface area contributed by atoms with E-state index in [0.717, 1.165) is 22.8 Å². The Morgan fingerprint density at radius 2 is 1.70 bits per heavy atom. The standard InChI is InChI=1S/C34H44FN3O5S/c1-34(2,3)20-27(23-36(4)5)37(24-29-30(35)15-10-16-32(29)43-28-13-7-6-8-14-28)21-25-11-9-12-26(19-25)22-38-31(33(39)40)17-18-44(38,41)42/h6-16,19,27,31H,17-18,20-24H2,1-5H3,(H,39,40)/t27-,31?/m0/s1. The highest BCUT2D eigenvalue weighted by Crippen LogP contribution is 2.32. The number of likely N-dealkylation sites (N-methyl/N-ethyl adjacent to an activating group) is 1. The van der Waals surface area contributed by atoms with Crippen molar-refractivity contribution < 1.29 is 27.4 Å². The lowest BCUT2D eigenvalue weighted by atomic mass is 9.87. The summed E-state index contributed by atoms with van der Waals surface area (Å²) < 4.78 is 48.1. The Hall–Kier alpha value is -3.31. The van der Waals surface area contributed by atoms with Crippen molar-refractivity contribution in [1.82, 2.24) is 14.1 Å². The minimum Gasteiger partial charge on any atom is -0.480 e. The van der Waals surface area contributed by atoms with Gasteiger partial charge in [-0.25, -0.2) is 12.8 Å². The van der Waals surface area contributed by atoms with E-state index < -0.39 is 22.0 Å². The predicted octanol–water partition coefficient (Wildman–Crippen LogP) is 5.98. The molecule has 44 heavy (non-hydrogen) atoms. The summed E-state index contributed by atoms with van der Waals surface area (Å²) in [6.07, 6.45) is 0.917. The zero-order valence-corrected chi connectivity index (χ0v) is 27.1. The van der Waals surface area contributed by atoms with Gasteiger partial charge in [-0.15, -0.1) is 0 Å². The van der Waals surface area contributed by atoms with Crippen molar-refractivity contribution in [3.8, 4) is 11.5 Å². The van der Waals surface area contributed by atoms with Crippen LogP contribution in [0.25, 0.3) is 0 Å². The maximum absolute atomic E-state index is 15.6. The molecule has 1 fully saturated rings. The molecule has 3 aromatic carbocycles. The Kier molecular flexibility index (Phi) is 10.8. The summed E-state index contributed by atoms with van der Waals surface area (Å²) in [6.45, 7) is 8.06. The molecular formula is C34H44FN3O5S. The first kappa shape index (κ1) is 33.6. The smallest absolute Gasteiger partial charge is 0.322 e. The molecule has 1 unspecified atom stereocenters. The van der Waals surface area contributed by atoms with Gasteiger partial charge in [0, 0.05) is 37.8 Å². The highest BCUT2D eigenvalue weighted by atomic mass is 32.2. The topological polar surface area (TPSA) is 90.4 Å². The molecule has 0 spiro atoms. The molecule has 0 saturated carbocycles. The lowest BCUT2D eigenvalue weighted by Crippen LogP contribution is -2.43. The van der Waals surface area contributed by atoms with Crippen molar-refractivity contribution in [2.75, 3.05) is 26.4 Å². The van der Waals surface area contributed by atoms with Crippen molar-refractivity contribution in [3.05, 3.63) is 95.3 Å². The average molecular weight is 626 g/mol. The fraction of sp³-hybridized carbons (Fsp3) is 0.441. The van der Waals surface area contributed by atoms with E-state index in [1.165, 1.54) is 6.07 Å². The van der Waals surface area contributed by atoms with Crippen molar-refractivity contribution in [1.29, 1.82) is 0 Å². The lowest BCUT2D eigenvalue weighted by molar-refractivity contribution is -0.141. The molecule has 0 aliphatic carbocycles. The van der Waals surface area contributed by atoms with E-state index in [0.29, 0.717) is 29.2 Å². The van der Waals surface area contributed by atoms with E-state index in [-0.39, 0.29) is 42.5 Å². The van der Waals surface area contributed by atoms with E-state index in [9.17, 15) is 18.3 Å². The highest BCUT2D eigenvalue weighted by molar-refractivity contribution is 7.89. The third kappa shape index (κ3) is 9.11. The van der Waals surface area contributed by atoms with Gasteiger partial charge in [0.2, 0.25) is 10.0 Å². The van der Waals surface area contributed by atoms with E-state index in [4.69, 9.17) is 4.74 Å². The largest absolute Gasteiger partial charge is 0.480 e. The van der Waals surface area contributed by atoms with Crippen LogP contribution in [0.3, 0.4) is 0 Å². The number of sulfonamides is 1. The van der Waals surface area contributed by atoms with Crippen LogP contribution in [-0.2, 0) is 34.5 Å². The number of carboxylic acids is 1. The predicted molar refractivity (Wildman–Crippen MR) is 170 cm³/mol. The molecule has 0 radical (unpaired) electrons. The first-order valence-corrected chi connectivity index (χ1v) is 16.5. The van der Waals surface area contributed by atoms with Crippen LogP contribution >= 0.6 is 0 Å². The Bertz CT molecular complexity index is 1530. The quantitative estimate of drug-likeness (QED) is 0.250. The second kappa shape index (κ2) is 14.2. The Balaban J connectivity index is 1.68. The van der Waals surface area contributed by atoms with Crippen LogP contribution in [0.4, 0.5) is 4.39 Å². The van der Waals surface area contributed by atoms with Gasteiger partial charge in [-0.2, -0.15) is 4.31 Å². The third-order valence-electron chi connectivity index (χ3n) is 7.70. The molecule has 1 saturated heterocycles. The molecule has 0 aromatic heterocycles. The van der Waals surface area contributed by atoms with Gasteiger partial charge < -0.3 is 14.7 Å². The molecular weight excluding hydrogens is 581 g/mol. The number of ether oxygens (including phenoxy) is 1. The first-order chi connectivity index (χ1) is 20.7. The molecule has 1 N–H and O–H groups in total. The number of halogens is 1. The van der Waals surface area contributed by atoms with Gasteiger partial charge in [-0.1, -0.05) is 69.3 Å². The fourth-order valence-electron chi connectivity index (χ4n) is 5.77. The summed E-state index contributed by atoms with van der Waals surface area (Å²) in [4.78, 5) is 16.2. The third-order valence-corrected chi connectivity index (χ3v) is 9.55. The molecule has 4 rings (SSSR count). The number of hydrogen-bond donors (Lipinski definition) is 1. The van der Waals surface area contributed by atoms with Crippen molar-refractivity contribution >= 4 is 16.0 Å². The molecule has 1 aliphatic rings. The van der Waals surface area contributed by atoms with Crippen LogP contribution < -0.4 is 4.74 Å². The first-order valence-electron chi connectivity index (χ1n) is 14.9. The van der Waals surface area contributed by atoms with Gasteiger partial charge in [-0.05, 0) is 67.7 Å². The van der Waals surface area contributed by atoms with Crippen molar-refractivity contribution in [3.63, 3.8) is 0 Å². The Morgan fingerprint density at radius 1 is 1.02 bits per heavy atom. The number of aliphatic carboxylic acids is 1. The highest BCUT2D eigenvalue weighted by Gasteiger charge is 2.41. The molecule has 0 bridgehead atoms. The zero-order chi connectivity index (χ0) is 32.1. The minimum atomic E-state index is -3.66. The summed E-state index contributed by atoms with van der Waals surface area (Å²) in [7, 11) is 0.392. The SMILES string of the molecule is CN(C)C[C@H](CC(C)(C)C)N(Cc1cccc(CN2C(C(=O)O)CCS2(=O)=O)c1)Cc1c(F)cccc1Oc1ccccc1. The summed E-state index contributed by atoms with van der Waals surface area (Å²) in [6, 6.07) is 20.7. The molecule has 2 atom stereocenters. The number of rotatable bonds is 13. The molecule has 3 aromatic rings. The van der Waals surface area contributed by atoms with Crippen LogP contribution in [0.5, 0.6) is 11.5 Å². The second-order valence-electron chi connectivity index (χ2n) is 13.0. The van der Waals surface area contributed by atoms with Crippen LogP contribution in [0, 0.1) is 11.2 Å². The number of hydrogen-bond acceptors (Lipinski definition) is 6. The van der Waals surface area contributed by atoms with Gasteiger partial charge >= 0.3 is 5.97 Å². The molecule has 238 valence electrons. The van der Waals surface area contributed by atoms with E-state index in [1.807, 2.05) is 68.7 Å². The van der Waals surface area contributed by atoms with Crippen LogP contribution in [-0.4, -0.2) is 72.1 Å². The van der Waals surface area contributed by atoms with Crippen molar-refractivity contribution in [2.45, 2.75) is 65.3 Å². The Morgan fingerprint density at radius 3 is 2.36 bits per heavy atom. The summed E-state index contributed by atoms with van der Waals surface area (Å²) in [5.41, 5.74) is 2.08. The maximum Gasteiger partial charge on any atom is 0.322 e. The van der Waals surface area contributed by atoms with Crippen LogP contribution in [0.1, 0.15) is 50.3 Å². The van der Waals surface area contributed by atoms with E-state index in [1.54, 1.807) is 12.1 Å². The van der Waals surface area contributed by atoms with Gasteiger partial charge in [0.25, 0.3) is 0 Å². The molecule has 0 amide bonds. The van der Waals surface area contributed by atoms with E-state index >= 15 is 4.39 Å². The average Bonchev–Trinajstić information content (AvgIpc) is 3.23. The molecule has 8 nitrogen and oxygen atoms in total. The van der Waals surface area contributed by atoms with Gasteiger partial charge in [0.15, 0.2) is 0 Å². The van der Waals surface area contributed by atoms with E-state index in [2.05, 4.69) is 30.6 Å². The van der Waals surface area contributed by atoms with Crippen molar-refractivity contribution in [2.24, 2.45) is 5.41 Å². The number of nitrogens with zero attached hydrogens (tertiary/aromatic N) is 3. The fourth-order valence-corrected chi connectivity index (χ4v) is 7.45. The number of carboxylic acid groups (broad SMARTS) is 1. The van der Waals surface area contributed by atoms with Gasteiger partial charge in [0.1, 0.15) is 23.4 Å². The molecule has 10 heteroatoms.